The first-order valence-corrected chi connectivity index (χ1v) is 16.3. The molecule has 2 aliphatic heterocycles. The van der Waals surface area contributed by atoms with Crippen LogP contribution < -0.4 is 16.6 Å². The van der Waals surface area contributed by atoms with Gasteiger partial charge in [-0.25, -0.2) is 14.8 Å². The summed E-state index contributed by atoms with van der Waals surface area (Å²) in [6.45, 7) is 9.66. The number of aromatic nitrogens is 3. The van der Waals surface area contributed by atoms with E-state index in [-0.39, 0.29) is 37.3 Å². The smallest absolute Gasteiger partial charge is 0.410 e. The van der Waals surface area contributed by atoms with E-state index in [9.17, 15) is 19.2 Å². The second kappa shape index (κ2) is 16.8. The minimum Gasteiger partial charge on any atom is -0.465 e. The number of ketones is 1. The number of Topliss-reactive ketones (excluding diaryl/α,β-unsaturated/α-hetero) is 1. The molecule has 0 saturated carbocycles. The van der Waals surface area contributed by atoms with Crippen LogP contribution in [0.3, 0.4) is 0 Å². The summed E-state index contributed by atoms with van der Waals surface area (Å²) in [5.41, 5.74) is 7.32. The van der Waals surface area contributed by atoms with Gasteiger partial charge in [-0.1, -0.05) is 31.9 Å². The van der Waals surface area contributed by atoms with Crippen molar-refractivity contribution in [3.05, 3.63) is 67.2 Å². The molecule has 5 rings (SSSR count). The molecule has 244 valence electrons. The van der Waals surface area contributed by atoms with Crippen LogP contribution in [0.15, 0.2) is 50.4 Å². The van der Waals surface area contributed by atoms with Crippen molar-refractivity contribution in [2.45, 2.75) is 59.0 Å². The van der Waals surface area contributed by atoms with Gasteiger partial charge in [0.1, 0.15) is 28.8 Å². The lowest BCUT2D eigenvalue weighted by atomic mass is 10.00. The fourth-order valence-electron chi connectivity index (χ4n) is 4.60. The summed E-state index contributed by atoms with van der Waals surface area (Å²) < 4.78 is 13.7. The fourth-order valence-corrected chi connectivity index (χ4v) is 5.27. The average Bonchev–Trinajstić information content (AvgIpc) is 3.31. The Bertz CT molecular complexity index is 1540. The molecule has 5 heterocycles. The second-order valence-electron chi connectivity index (χ2n) is 11.3. The zero-order valence-electron chi connectivity index (χ0n) is 26.0. The van der Waals surface area contributed by atoms with Crippen LogP contribution in [0.5, 0.6) is 0 Å². The summed E-state index contributed by atoms with van der Waals surface area (Å²) in [7, 11) is 0. The molecule has 1 fully saturated rings. The van der Waals surface area contributed by atoms with E-state index in [2.05, 4.69) is 47.1 Å². The number of hydrogen-bond donors (Lipinski definition) is 2. The van der Waals surface area contributed by atoms with Crippen LogP contribution in [0, 0.1) is 5.92 Å². The van der Waals surface area contributed by atoms with Crippen LogP contribution in [0.1, 0.15) is 51.8 Å². The summed E-state index contributed by atoms with van der Waals surface area (Å²) in [5, 5.41) is 3.29. The molecule has 14 heteroatoms. The number of nitrogens with zero attached hydrogens (tertiary/aromatic N) is 4. The molecule has 1 unspecified atom stereocenters. The molecule has 3 N–H and O–H groups in total. The maximum atomic E-state index is 12.3. The third kappa shape index (κ3) is 11.2. The Morgan fingerprint density at radius 2 is 1.78 bits per heavy atom. The van der Waals surface area contributed by atoms with E-state index in [0.29, 0.717) is 18.0 Å². The first-order chi connectivity index (χ1) is 21.3. The number of nitrogens with one attached hydrogen (secondary N) is 1. The molecule has 3 aromatic rings. The number of likely N-dealkylation sites (tertiary alicyclic amines) is 1. The zero-order chi connectivity index (χ0) is 33.1. The van der Waals surface area contributed by atoms with Gasteiger partial charge >= 0.3 is 12.1 Å². The van der Waals surface area contributed by atoms with E-state index in [4.69, 9.17) is 15.2 Å². The van der Waals surface area contributed by atoms with Crippen molar-refractivity contribution in [2.75, 3.05) is 38.5 Å². The summed E-state index contributed by atoms with van der Waals surface area (Å²) in [6, 6.07) is 7.31. The van der Waals surface area contributed by atoms with Crippen molar-refractivity contribution < 1.29 is 23.9 Å². The van der Waals surface area contributed by atoms with Crippen LogP contribution in [-0.2, 0) is 31.9 Å². The van der Waals surface area contributed by atoms with Crippen molar-refractivity contribution >= 4 is 61.2 Å². The maximum absolute atomic E-state index is 12.3. The molecule has 0 spiro atoms. The fraction of sp³-hybridized carbons (Fsp3) is 0.484. The number of carbonyl (C=O) groups excluding carboxylic acids is 3. The van der Waals surface area contributed by atoms with Crippen LogP contribution in [-0.4, -0.2) is 75.5 Å². The van der Waals surface area contributed by atoms with E-state index in [0.717, 1.165) is 46.1 Å². The molecular weight excluding hydrogens is 712 g/mol. The van der Waals surface area contributed by atoms with Gasteiger partial charge in [0, 0.05) is 59.4 Å². The van der Waals surface area contributed by atoms with E-state index in [1.807, 2.05) is 18.2 Å². The summed E-state index contributed by atoms with van der Waals surface area (Å²) in [5.74, 6) is -0.889. The standard InChI is InChI=1S/C14H23NO5.C12H12BrN3O.C5H5BrN2/c1-5-19-12(17)10-6-8-15(9-7-11(10)16)13(18)20-14(2,3)4;13-8-3-6-16-11(7-8)15-10-2-5-14-4-1-9(10)12(16)17;6-4-1-2-8-5(7)3-4/h10H,5-9H2,1-4H3;3,6-7,14H,1-2,4-5H2;1-3H,(H2,7,8). The highest BCUT2D eigenvalue weighted by Gasteiger charge is 2.33. The van der Waals surface area contributed by atoms with Gasteiger partial charge in [0.15, 0.2) is 0 Å². The molecule has 1 amide bonds. The minimum atomic E-state index is -0.762. The Hall–Kier alpha value is -3.36. The number of ether oxygens (including phenoxy) is 2. The van der Waals surface area contributed by atoms with Gasteiger partial charge in [-0.2, -0.15) is 0 Å². The lowest BCUT2D eigenvalue weighted by Gasteiger charge is -2.26. The van der Waals surface area contributed by atoms with Crippen molar-refractivity contribution in [1.82, 2.24) is 24.6 Å². The van der Waals surface area contributed by atoms with Crippen molar-refractivity contribution in [2.24, 2.45) is 5.92 Å². The Kier molecular flexibility index (Phi) is 13.5. The van der Waals surface area contributed by atoms with Gasteiger partial charge in [-0.15, -0.1) is 0 Å². The molecule has 0 aromatic carbocycles. The van der Waals surface area contributed by atoms with Crippen LogP contribution in [0.4, 0.5) is 10.6 Å². The topological polar surface area (TPSA) is 158 Å². The van der Waals surface area contributed by atoms with Gasteiger partial charge in [-0.3, -0.25) is 18.8 Å². The van der Waals surface area contributed by atoms with Crippen LogP contribution >= 0.6 is 31.9 Å². The Morgan fingerprint density at radius 3 is 2.42 bits per heavy atom. The summed E-state index contributed by atoms with van der Waals surface area (Å²) in [4.78, 5) is 57.7. The summed E-state index contributed by atoms with van der Waals surface area (Å²) in [6.07, 6.45) is 5.01. The van der Waals surface area contributed by atoms with Crippen molar-refractivity contribution in [1.29, 1.82) is 0 Å². The molecular formula is C31H40Br2N6O6. The summed E-state index contributed by atoms with van der Waals surface area (Å²) >= 11 is 6.64. The highest BCUT2D eigenvalue weighted by molar-refractivity contribution is 9.10. The SMILES string of the molecule is CCOC(=O)C1CCN(C(=O)OC(C)(C)C)CCC1=O.Nc1cc(Br)ccn1.O=c1c2c(nc3cc(Br)ccn13)CCNCC2. The number of anilines is 1. The Balaban J connectivity index is 0.000000199. The lowest BCUT2D eigenvalue weighted by Crippen LogP contribution is -2.37. The molecule has 0 radical (unpaired) electrons. The first kappa shape index (κ1) is 36.1. The number of rotatable bonds is 2. The number of nitrogens with two attached hydrogens (primary N) is 1. The quantitative estimate of drug-likeness (QED) is 0.285. The highest BCUT2D eigenvalue weighted by atomic mass is 79.9. The number of carbonyl (C=O) groups is 3. The van der Waals surface area contributed by atoms with Gasteiger partial charge in [0.25, 0.3) is 5.56 Å². The average molecular weight is 753 g/mol. The van der Waals surface area contributed by atoms with Crippen molar-refractivity contribution in [3.63, 3.8) is 0 Å². The van der Waals surface area contributed by atoms with E-state index >= 15 is 0 Å². The van der Waals surface area contributed by atoms with Gasteiger partial charge in [0.2, 0.25) is 0 Å². The lowest BCUT2D eigenvalue weighted by molar-refractivity contribution is -0.151. The highest BCUT2D eigenvalue weighted by Crippen LogP contribution is 2.19. The third-order valence-corrected chi connectivity index (χ3v) is 7.72. The molecule has 0 bridgehead atoms. The first-order valence-electron chi connectivity index (χ1n) is 14.7. The number of halogens is 2. The van der Waals surface area contributed by atoms with Gasteiger partial charge in [-0.05, 0) is 71.3 Å². The number of hydrogen-bond acceptors (Lipinski definition) is 10. The number of esters is 1. The van der Waals surface area contributed by atoms with Gasteiger partial charge in [0.05, 0.1) is 12.3 Å². The Labute approximate surface area is 279 Å². The van der Waals surface area contributed by atoms with Crippen LogP contribution in [0.2, 0.25) is 0 Å². The maximum Gasteiger partial charge on any atom is 0.410 e. The Morgan fingerprint density at radius 1 is 1.07 bits per heavy atom. The molecule has 1 saturated heterocycles. The predicted molar refractivity (Wildman–Crippen MR) is 178 cm³/mol. The van der Waals surface area contributed by atoms with E-state index < -0.39 is 23.6 Å². The molecule has 1 atom stereocenters. The molecule has 2 aliphatic rings. The van der Waals surface area contributed by atoms with Crippen molar-refractivity contribution in [3.8, 4) is 0 Å². The number of nitrogen functional groups attached to an aromatic ring is 1. The number of fused-ring (bicyclic) bond motifs is 2. The minimum absolute atomic E-state index is 0.0706. The van der Waals surface area contributed by atoms with E-state index in [1.54, 1.807) is 50.6 Å². The molecule has 3 aromatic heterocycles. The normalized spacial score (nSPS) is 16.5. The third-order valence-electron chi connectivity index (χ3n) is 6.73. The second-order valence-corrected chi connectivity index (χ2v) is 13.2. The largest absolute Gasteiger partial charge is 0.465 e. The van der Waals surface area contributed by atoms with E-state index in [1.165, 1.54) is 4.90 Å². The molecule has 0 aliphatic carbocycles. The van der Waals surface area contributed by atoms with Crippen LogP contribution in [0.25, 0.3) is 5.65 Å². The molecule has 12 nitrogen and oxygen atoms in total. The number of amides is 1. The molecule has 45 heavy (non-hydrogen) atoms. The van der Waals surface area contributed by atoms with Gasteiger partial charge < -0.3 is 25.4 Å². The monoisotopic (exact) mass is 750 g/mol. The zero-order valence-corrected chi connectivity index (χ0v) is 29.1. The number of pyridine rings is 2. The predicted octanol–water partition coefficient (Wildman–Crippen LogP) is 4.34.